The molecule has 19 rings (SSSR count). The lowest BCUT2D eigenvalue weighted by Crippen LogP contribution is -2.28. The van der Waals surface area contributed by atoms with Crippen molar-refractivity contribution < 1.29 is 43.1 Å². The van der Waals surface area contributed by atoms with Crippen molar-refractivity contribution in [1.82, 2.24) is 63.8 Å². The van der Waals surface area contributed by atoms with Crippen LogP contribution in [0.25, 0.3) is 88.7 Å². The zero-order valence-electron chi connectivity index (χ0n) is 85.7. The molecule has 748 valence electrons. The molecule has 0 aliphatic carbocycles. The maximum Gasteiger partial charge on any atom is 0.534 e. The van der Waals surface area contributed by atoms with Gasteiger partial charge in [0.2, 0.25) is 0 Å². The molecule has 3 N–H and O–H groups in total. The molecule has 0 aliphatic rings. The Bertz CT molecular complexity index is 7560. The molecule has 0 bridgehead atoms. The van der Waals surface area contributed by atoms with Gasteiger partial charge in [-0.2, -0.15) is 83.8 Å². The number of aromatic nitrogens is 12. The predicted octanol–water partition coefficient (Wildman–Crippen LogP) is 23.2. The molecule has 0 atom stereocenters. The van der Waals surface area contributed by atoms with Crippen molar-refractivity contribution in [2.75, 3.05) is 0 Å². The van der Waals surface area contributed by atoms with Crippen molar-refractivity contribution in [2.24, 2.45) is 0 Å². The van der Waals surface area contributed by atoms with Crippen molar-refractivity contribution in [3.63, 3.8) is 0 Å². The van der Waals surface area contributed by atoms with Crippen LogP contribution in [0.2, 0.25) is 0 Å². The van der Waals surface area contributed by atoms with Crippen molar-refractivity contribution in [2.45, 2.75) is 160 Å². The fraction of sp³-hybridized carbons (Fsp3) is 0.211. The molecule has 34 heteroatoms. The number of rotatable bonds is 12. The van der Waals surface area contributed by atoms with E-state index in [-0.39, 0.29) is 42.9 Å². The van der Waals surface area contributed by atoms with Gasteiger partial charge >= 0.3 is 15.6 Å². The summed E-state index contributed by atoms with van der Waals surface area (Å²) >= 11 is 0. The molecule has 12 radical (unpaired) electrons. The van der Waals surface area contributed by atoms with Gasteiger partial charge in [-0.25, -0.2) is 35.9 Å². The molecule has 0 amide bonds. The van der Waals surface area contributed by atoms with E-state index in [4.69, 9.17) is 57.6 Å². The molecule has 0 fully saturated rings. The number of fused-ring (bicyclic) bond motifs is 6. The van der Waals surface area contributed by atoms with Gasteiger partial charge in [-0.3, -0.25) is 0 Å². The van der Waals surface area contributed by atoms with E-state index in [1.807, 2.05) is 72.7 Å². The predicted molar refractivity (Wildman–Crippen MR) is 599 cm³/mol. The molecule has 0 spiro atoms. The second kappa shape index (κ2) is 53.8. The van der Waals surface area contributed by atoms with Crippen molar-refractivity contribution in [3.8, 4) is 97.8 Å². The summed E-state index contributed by atoms with van der Waals surface area (Å²) in [5, 5.41) is 79.5. The van der Waals surface area contributed by atoms with Gasteiger partial charge in [0, 0.05) is 73.6 Å². The largest absolute Gasteiger partial charge is 0.534 e. The van der Waals surface area contributed by atoms with Gasteiger partial charge in [0.25, 0.3) is 0 Å². The fourth-order valence-corrected chi connectivity index (χ4v) is 15.4. The molecule has 12 aromatic heterocycles. The third-order valence-electron chi connectivity index (χ3n) is 22.4. The molecule has 19 aromatic rings. The SMILES string of the molecule is CC.CC.CC.Cc1ccc(C(C)C)cc1.Cc1ccc(F)cc1.N.[2HH].[2HH].[2HH].[2HH].[2HH].[2HH].[B]c1cc(-c2ccc(C(C)C)cc2)c2c(C#N)cnn2c1.[B]c1cc(-c2ccc(C(C)C)cc2)c2c(C#N)cnn2c1.[B]c1cc(-c2ccc(C(C)C)cc2)c2c(C#N)cnn2c1.[B]c1cc(-c2ccc(C(C)C)cc2)c2c(C#N)cnn2c1.[B]c1cc(-c2ccc(F)cc2)c2c(C#N)cnn2c1.[B]c1cc(OS(=O)(=O)C(F)(F)F)c2c(C#N)cnn2c1. The van der Waals surface area contributed by atoms with Gasteiger partial charge < -0.3 is 10.3 Å². The normalized spacial score (nSPS) is 10.6. The van der Waals surface area contributed by atoms with Gasteiger partial charge in [-0.1, -0.05) is 331 Å². The lowest BCUT2D eigenvalue weighted by atomic mass is 9.92. The second-order valence-electron chi connectivity index (χ2n) is 34.3. The zero-order chi connectivity index (χ0) is 108. The first kappa shape index (κ1) is 117. The summed E-state index contributed by atoms with van der Waals surface area (Å²) in [5.41, 5.74) is 21.9. The van der Waals surface area contributed by atoms with Crippen LogP contribution in [-0.4, -0.2) is 119 Å². The Kier molecular flexibility index (Phi) is 42.4. The minimum atomic E-state index is -5.87. The van der Waals surface area contributed by atoms with Gasteiger partial charge in [-0.05, 0) is 129 Å². The third-order valence-corrected chi connectivity index (χ3v) is 23.4. The highest BCUT2D eigenvalue weighted by atomic mass is 32.2. The maximum atomic E-state index is 13.0. The number of alkyl halides is 3. The number of nitrogens with zero attached hydrogens (tertiary/aromatic N) is 18. The molecule has 0 aliphatic heterocycles. The third kappa shape index (κ3) is 29.4. The maximum absolute atomic E-state index is 13.0. The van der Waals surface area contributed by atoms with Gasteiger partial charge in [0.1, 0.15) is 106 Å². The lowest BCUT2D eigenvalue weighted by Gasteiger charge is -2.11. The standard InChI is InChI=1S/4C17H14BN3.C14H7BFN3.C10H14.C9H3BF3N3O3S.C7H7F.3C2H6.H3N.6H2/c4*1-11(2)12-3-5-13(6-4-12)16-7-15(18)10-21-17(16)14(8-19)9-20-21;15-11-5-13(9-1-3-12(16)4-2-9)14-10(6-17)7-18-19(14)8-11;1-8(2)10-6-4-9(3)5-7-10;10-6-1-7(19-20(17,18)9(11,12)13)8-5(2-14)3-15-16(8)4-6;1-6-2-4-7(8)5-3-6;3*1-2;;;;;;;/h4*3-7,9-11H,1-2H3;1-5,7-8H;4-8H,1-3H3;1,3-4H;2-5H,1H3;3*1-2H3;1H3;6*1H/i;;;;;;;;;;;;6*1+1. The zero-order valence-corrected chi connectivity index (χ0v) is 86.5. The van der Waals surface area contributed by atoms with Crippen molar-refractivity contribution in [3.05, 3.63) is 365 Å². The average Bonchev–Trinajstić information content (AvgIpc) is 1.48. The molecule has 7 aromatic carbocycles. The first-order chi connectivity index (χ1) is 70.2. The Morgan fingerprint density at radius 1 is 0.297 bits per heavy atom. The van der Waals surface area contributed by atoms with E-state index < -0.39 is 21.4 Å². The minimum Gasteiger partial charge on any atom is -0.374 e. The quantitative estimate of drug-likeness (QED) is 0.0514. The highest BCUT2D eigenvalue weighted by Crippen LogP contribution is 2.36. The highest BCUT2D eigenvalue weighted by molar-refractivity contribution is 7.88. The summed E-state index contributed by atoms with van der Waals surface area (Å²) < 4.78 is 97.2. The second-order valence-corrected chi connectivity index (χ2v) is 35.8. The topological polar surface area (TPSA) is 325 Å². The van der Waals surface area contributed by atoms with Gasteiger partial charge in [0.15, 0.2) is 5.75 Å². The van der Waals surface area contributed by atoms with Crippen LogP contribution < -0.4 is 43.1 Å². The summed E-state index contributed by atoms with van der Waals surface area (Å²) in [5.74, 6) is 1.41. The molecule has 0 saturated carbocycles. The Labute approximate surface area is 878 Å². The number of nitriles is 6. The summed E-state index contributed by atoms with van der Waals surface area (Å²) in [7, 11) is 29.1. The molecule has 148 heavy (non-hydrogen) atoms. The fourth-order valence-electron chi connectivity index (χ4n) is 14.9. The molecular formula is C114H120B6F5N19O3S. The van der Waals surface area contributed by atoms with Crippen molar-refractivity contribution >= 4 is 123 Å². The van der Waals surface area contributed by atoms with Crippen LogP contribution >= 0.6 is 0 Å². The van der Waals surface area contributed by atoms with E-state index in [2.05, 4.69) is 263 Å². The Balaban J connectivity index is 0.000000593. The first-order valence-electron chi connectivity index (χ1n) is 47.2. The Morgan fingerprint density at radius 3 is 0.655 bits per heavy atom. The number of benzene rings is 7. The number of pyridine rings is 6. The Morgan fingerprint density at radius 2 is 0.466 bits per heavy atom. The summed E-state index contributed by atoms with van der Waals surface area (Å²) in [6.45, 7) is 37.8. The van der Waals surface area contributed by atoms with Gasteiger partial charge in [0.05, 0.1) is 92.6 Å². The van der Waals surface area contributed by atoms with Crippen LogP contribution in [0, 0.1) is 93.5 Å². The average molecular weight is 2000 g/mol. The van der Waals surface area contributed by atoms with Crippen LogP contribution in [0.3, 0.4) is 0 Å². The van der Waals surface area contributed by atoms with Crippen LogP contribution in [0.5, 0.6) is 5.75 Å². The summed E-state index contributed by atoms with van der Waals surface area (Å²) in [6.07, 6.45) is 18.5. The van der Waals surface area contributed by atoms with Crippen LogP contribution in [0.15, 0.2) is 281 Å². The Hall–Kier alpha value is -16.6. The molecule has 12 heterocycles. The van der Waals surface area contributed by atoms with E-state index in [0.717, 1.165) is 100 Å². The van der Waals surface area contributed by atoms with Crippen LogP contribution in [-0.2, 0) is 10.1 Å². The number of hydrogen-bond donors (Lipinski definition) is 1. The molecule has 0 unspecified atom stereocenters. The summed E-state index contributed by atoms with van der Waals surface area (Å²) in [6, 6.07) is 77.3. The lowest BCUT2D eigenvalue weighted by molar-refractivity contribution is -0.0499. The van der Waals surface area contributed by atoms with E-state index in [1.165, 1.54) is 70.0 Å². The van der Waals surface area contributed by atoms with Crippen molar-refractivity contribution in [1.29, 1.82) is 31.6 Å². The summed E-state index contributed by atoms with van der Waals surface area (Å²) in [4.78, 5) is 0. The monoisotopic (exact) mass is 2000 g/mol. The molecular weight excluding hydrogens is 1880 g/mol. The van der Waals surface area contributed by atoms with E-state index in [0.29, 0.717) is 90.2 Å². The number of hydrogen-bond acceptors (Lipinski definition) is 16. The number of aryl methyl sites for hydroxylation is 2. The van der Waals surface area contributed by atoms with Crippen LogP contribution in [0.4, 0.5) is 22.0 Å². The van der Waals surface area contributed by atoms with Crippen LogP contribution in [0.1, 0.15) is 221 Å². The molecule has 22 nitrogen and oxygen atoms in total. The number of halogens is 5. The van der Waals surface area contributed by atoms with E-state index >= 15 is 0 Å². The first-order valence-corrected chi connectivity index (χ1v) is 48.6. The van der Waals surface area contributed by atoms with E-state index in [1.54, 1.807) is 115 Å². The van der Waals surface area contributed by atoms with Gasteiger partial charge in [-0.15, -0.1) is 0 Å². The van der Waals surface area contributed by atoms with E-state index in [9.17, 15) is 51.4 Å². The minimum absolute atomic E-state index is 0. The highest BCUT2D eigenvalue weighted by Gasteiger charge is 2.49. The molecule has 0 saturated heterocycles. The smallest absolute Gasteiger partial charge is 0.374 e.